The fourth-order valence-corrected chi connectivity index (χ4v) is 1.34. The van der Waals surface area contributed by atoms with Gasteiger partial charge in [-0.25, -0.2) is 0 Å². The monoisotopic (exact) mass is 141 g/mol. The number of rotatable bonds is 0. The minimum absolute atomic E-state index is 0.184. The molecule has 0 aliphatic carbocycles. The van der Waals surface area contributed by atoms with E-state index in [1.54, 1.807) is 0 Å². The fourth-order valence-electron chi connectivity index (χ4n) is 0.304. The Morgan fingerprint density at radius 2 is 1.83 bits per heavy atom. The van der Waals surface area contributed by atoms with E-state index in [2.05, 4.69) is 15.1 Å². The van der Waals surface area contributed by atoms with Gasteiger partial charge in [0.25, 0.3) is 0 Å². The standard InChI is InChI=1S/C4H5GeN/c1-3-6-4-2-5-1/h1-4,6H. The van der Waals surface area contributed by atoms with Gasteiger partial charge in [-0.05, 0) is 0 Å². The SMILES string of the molecule is C1=[CH][Ge][CH]=CN1. The van der Waals surface area contributed by atoms with E-state index >= 15 is 0 Å². The van der Waals surface area contributed by atoms with E-state index in [9.17, 15) is 0 Å². The van der Waals surface area contributed by atoms with Gasteiger partial charge >= 0.3 is 43.0 Å². The zero-order valence-electron chi connectivity index (χ0n) is 3.31. The Morgan fingerprint density at radius 1 is 1.17 bits per heavy atom. The average Bonchev–Trinajstić information content (AvgIpc) is 1.72. The first-order valence-corrected chi connectivity index (χ1v) is 4.24. The predicted molar refractivity (Wildman–Crippen MR) is 27.2 cm³/mol. The van der Waals surface area contributed by atoms with E-state index in [4.69, 9.17) is 0 Å². The van der Waals surface area contributed by atoms with Crippen molar-refractivity contribution in [1.29, 1.82) is 0 Å². The van der Waals surface area contributed by atoms with Gasteiger partial charge in [-0.1, -0.05) is 0 Å². The summed E-state index contributed by atoms with van der Waals surface area (Å²) in [7, 11) is 0. The summed E-state index contributed by atoms with van der Waals surface area (Å²) >= 11 is 0.184. The Labute approximate surface area is 43.6 Å². The maximum absolute atomic E-state index is 2.95. The molecule has 0 spiro atoms. The van der Waals surface area contributed by atoms with Crippen LogP contribution in [0.4, 0.5) is 0 Å². The van der Waals surface area contributed by atoms with Gasteiger partial charge in [0, 0.05) is 0 Å². The molecule has 1 aliphatic rings. The van der Waals surface area contributed by atoms with Crippen LogP contribution in [0.2, 0.25) is 0 Å². The molecular weight excluding hydrogens is 135 g/mol. The number of hydrogen-bond donors (Lipinski definition) is 1. The van der Waals surface area contributed by atoms with Crippen LogP contribution in [0, 0.1) is 0 Å². The van der Waals surface area contributed by atoms with Crippen molar-refractivity contribution in [2.45, 2.75) is 0 Å². The van der Waals surface area contributed by atoms with Gasteiger partial charge in [0.15, 0.2) is 0 Å². The summed E-state index contributed by atoms with van der Waals surface area (Å²) in [5, 5.41) is 2.95. The molecule has 1 N–H and O–H groups in total. The molecule has 2 radical (unpaired) electrons. The molecule has 0 unspecified atom stereocenters. The summed E-state index contributed by atoms with van der Waals surface area (Å²) in [5.41, 5.74) is 0. The van der Waals surface area contributed by atoms with Crippen molar-refractivity contribution in [1.82, 2.24) is 5.32 Å². The third-order valence-electron chi connectivity index (χ3n) is 0.552. The molecule has 0 fully saturated rings. The summed E-state index contributed by atoms with van der Waals surface area (Å²) in [5.74, 6) is 0. The molecule has 0 saturated heterocycles. The Hall–Kier alpha value is -0.177. The molecular formula is C4H5GeN. The van der Waals surface area contributed by atoms with E-state index in [-0.39, 0.29) is 15.4 Å². The van der Waals surface area contributed by atoms with Crippen molar-refractivity contribution < 1.29 is 0 Å². The van der Waals surface area contributed by atoms with Crippen LogP contribution in [0.25, 0.3) is 0 Å². The molecule has 0 aromatic rings. The predicted octanol–water partition coefficient (Wildman–Crippen LogP) is 0.236. The minimum atomic E-state index is 0.184. The van der Waals surface area contributed by atoms with E-state index in [0.29, 0.717) is 0 Å². The van der Waals surface area contributed by atoms with Crippen LogP contribution in [0.5, 0.6) is 0 Å². The van der Waals surface area contributed by atoms with Crippen molar-refractivity contribution in [3.05, 3.63) is 22.2 Å². The van der Waals surface area contributed by atoms with Crippen LogP contribution >= 0.6 is 0 Å². The third kappa shape index (κ3) is 0.898. The van der Waals surface area contributed by atoms with E-state index in [1.165, 1.54) is 0 Å². The molecule has 1 aliphatic heterocycles. The average molecular weight is 140 g/mol. The van der Waals surface area contributed by atoms with Crippen LogP contribution in [-0.4, -0.2) is 15.4 Å². The molecule has 2 heteroatoms. The van der Waals surface area contributed by atoms with Crippen LogP contribution in [0.3, 0.4) is 0 Å². The van der Waals surface area contributed by atoms with Crippen molar-refractivity contribution in [2.75, 3.05) is 0 Å². The van der Waals surface area contributed by atoms with E-state index < -0.39 is 0 Å². The Morgan fingerprint density at radius 3 is 2.00 bits per heavy atom. The van der Waals surface area contributed by atoms with Gasteiger partial charge in [-0.2, -0.15) is 0 Å². The van der Waals surface area contributed by atoms with E-state index in [0.717, 1.165) is 0 Å². The second-order valence-electron chi connectivity index (χ2n) is 1.00. The number of nitrogens with one attached hydrogen (secondary N) is 1. The molecule has 0 aromatic carbocycles. The molecule has 0 amide bonds. The number of hydrogen-bond acceptors (Lipinski definition) is 1. The Kier molecular flexibility index (Phi) is 1.38. The maximum atomic E-state index is 2.95. The summed E-state index contributed by atoms with van der Waals surface area (Å²) < 4.78 is 0. The van der Waals surface area contributed by atoms with Gasteiger partial charge < -0.3 is 0 Å². The normalized spacial score (nSPS) is 17.3. The molecule has 1 heterocycles. The van der Waals surface area contributed by atoms with Gasteiger partial charge in [-0.3, -0.25) is 0 Å². The van der Waals surface area contributed by atoms with Gasteiger partial charge in [-0.15, -0.1) is 0 Å². The Bertz CT molecular complexity index is 65.5. The summed E-state index contributed by atoms with van der Waals surface area (Å²) in [4.78, 5) is 4.39. The van der Waals surface area contributed by atoms with Crippen LogP contribution in [0.1, 0.15) is 0 Å². The van der Waals surface area contributed by atoms with E-state index in [1.807, 2.05) is 12.4 Å². The molecule has 30 valence electrons. The first kappa shape index (κ1) is 3.99. The van der Waals surface area contributed by atoms with Crippen molar-refractivity contribution in [3.63, 3.8) is 0 Å². The first-order chi connectivity index (χ1) is 3.00. The topological polar surface area (TPSA) is 12.0 Å². The quantitative estimate of drug-likeness (QED) is 0.474. The van der Waals surface area contributed by atoms with Crippen molar-refractivity contribution >= 4 is 15.4 Å². The van der Waals surface area contributed by atoms with Crippen LogP contribution in [-0.2, 0) is 0 Å². The molecule has 6 heavy (non-hydrogen) atoms. The van der Waals surface area contributed by atoms with Gasteiger partial charge in [0.2, 0.25) is 0 Å². The van der Waals surface area contributed by atoms with Gasteiger partial charge in [0.05, 0.1) is 0 Å². The van der Waals surface area contributed by atoms with Crippen molar-refractivity contribution in [2.24, 2.45) is 0 Å². The molecule has 0 bridgehead atoms. The fraction of sp³-hybridized carbons (Fsp3) is 0. The molecule has 1 rings (SSSR count). The summed E-state index contributed by atoms with van der Waals surface area (Å²) in [6.45, 7) is 0. The van der Waals surface area contributed by atoms with Crippen LogP contribution in [0.15, 0.2) is 22.2 Å². The second-order valence-corrected chi connectivity index (χ2v) is 3.10. The van der Waals surface area contributed by atoms with Crippen molar-refractivity contribution in [3.8, 4) is 0 Å². The van der Waals surface area contributed by atoms with Crippen LogP contribution < -0.4 is 5.32 Å². The first-order valence-electron chi connectivity index (χ1n) is 1.82. The molecule has 0 atom stereocenters. The molecule has 0 saturated carbocycles. The second kappa shape index (κ2) is 2.08. The summed E-state index contributed by atoms with van der Waals surface area (Å²) in [6, 6.07) is 0. The summed E-state index contributed by atoms with van der Waals surface area (Å²) in [6.07, 6.45) is 3.97. The molecule has 1 nitrogen and oxygen atoms in total. The zero-order valence-corrected chi connectivity index (χ0v) is 5.41. The van der Waals surface area contributed by atoms with Gasteiger partial charge in [0.1, 0.15) is 0 Å². The third-order valence-corrected chi connectivity index (χ3v) is 2.06. The molecule has 0 aromatic heterocycles. The Balaban J connectivity index is 2.40. The zero-order chi connectivity index (χ0) is 4.24.